The topological polar surface area (TPSA) is 79.1 Å². The Hall–Kier alpha value is -2.87. The van der Waals surface area contributed by atoms with Gasteiger partial charge in [0.05, 0.1) is 5.69 Å². The number of amides is 2. The second-order valence-corrected chi connectivity index (χ2v) is 8.49. The number of piperazine rings is 1. The van der Waals surface area contributed by atoms with Crippen molar-refractivity contribution >= 4 is 11.8 Å². The molecule has 1 aromatic carbocycles. The van der Waals surface area contributed by atoms with Crippen LogP contribution in [0.5, 0.6) is 5.75 Å². The van der Waals surface area contributed by atoms with E-state index in [1.54, 1.807) is 17.9 Å². The highest BCUT2D eigenvalue weighted by molar-refractivity contribution is 5.91. The Kier molecular flexibility index (Phi) is 6.56. The smallest absolute Gasteiger partial charge is 0.292 e. The van der Waals surface area contributed by atoms with Crippen LogP contribution in [0.1, 0.15) is 29.1 Å². The third kappa shape index (κ3) is 5.25. The summed E-state index contributed by atoms with van der Waals surface area (Å²) < 4.78 is 11.4. The van der Waals surface area contributed by atoms with Gasteiger partial charge in [-0.1, -0.05) is 23.4 Å². The van der Waals surface area contributed by atoms with Gasteiger partial charge in [-0.3, -0.25) is 9.59 Å². The van der Waals surface area contributed by atoms with Crippen LogP contribution in [0.2, 0.25) is 0 Å². The highest BCUT2D eigenvalue weighted by atomic mass is 16.5. The molecule has 166 valence electrons. The van der Waals surface area contributed by atoms with Gasteiger partial charge in [-0.15, -0.1) is 0 Å². The summed E-state index contributed by atoms with van der Waals surface area (Å²) >= 11 is 0. The van der Waals surface area contributed by atoms with Gasteiger partial charge in [0.25, 0.3) is 5.91 Å². The molecule has 2 aromatic rings. The van der Waals surface area contributed by atoms with Crippen molar-refractivity contribution in [1.29, 1.82) is 0 Å². The van der Waals surface area contributed by atoms with Gasteiger partial charge >= 0.3 is 0 Å². The maximum absolute atomic E-state index is 13.0. The van der Waals surface area contributed by atoms with Crippen LogP contribution in [0.15, 0.2) is 40.9 Å². The molecular formula is C23H30N4O4. The lowest BCUT2D eigenvalue weighted by molar-refractivity contribution is -0.135. The quantitative estimate of drug-likeness (QED) is 0.728. The molecule has 1 aromatic heterocycles. The van der Waals surface area contributed by atoms with E-state index in [1.807, 2.05) is 35.2 Å². The molecule has 2 aliphatic rings. The molecule has 0 unspecified atom stereocenters. The van der Waals surface area contributed by atoms with E-state index in [4.69, 9.17) is 9.26 Å². The Morgan fingerprint density at radius 2 is 1.84 bits per heavy atom. The maximum atomic E-state index is 13.0. The average molecular weight is 427 g/mol. The van der Waals surface area contributed by atoms with Crippen LogP contribution < -0.4 is 4.74 Å². The largest absolute Gasteiger partial charge is 0.490 e. The van der Waals surface area contributed by atoms with Crippen LogP contribution in [0.4, 0.5) is 0 Å². The van der Waals surface area contributed by atoms with Crippen LogP contribution >= 0.6 is 0 Å². The highest BCUT2D eigenvalue weighted by Gasteiger charge is 2.36. The number of likely N-dealkylation sites (tertiary alicyclic amines) is 1. The maximum Gasteiger partial charge on any atom is 0.292 e. The fraction of sp³-hybridized carbons (Fsp3) is 0.522. The first-order chi connectivity index (χ1) is 15.0. The fourth-order valence-corrected chi connectivity index (χ4v) is 4.25. The van der Waals surface area contributed by atoms with Gasteiger partial charge in [0.2, 0.25) is 11.7 Å². The number of carbonyl (C=O) groups is 2. The fourth-order valence-electron chi connectivity index (χ4n) is 4.25. The molecule has 0 N–H and O–H groups in total. The number of carbonyl (C=O) groups excluding carboxylic acids is 2. The van der Waals surface area contributed by atoms with Crippen LogP contribution in [0.3, 0.4) is 0 Å². The number of hydrogen-bond acceptors (Lipinski definition) is 6. The van der Waals surface area contributed by atoms with E-state index in [9.17, 15) is 9.59 Å². The van der Waals surface area contributed by atoms with Crippen molar-refractivity contribution in [3.05, 3.63) is 47.9 Å². The number of ether oxygens (including phenoxy) is 1. The normalized spacial score (nSPS) is 22.4. The number of rotatable bonds is 5. The molecule has 8 heteroatoms. The summed E-state index contributed by atoms with van der Waals surface area (Å²) in [7, 11) is 2.07. The first-order valence-electron chi connectivity index (χ1n) is 10.9. The van der Waals surface area contributed by atoms with Crippen LogP contribution in [0, 0.1) is 12.8 Å². The van der Waals surface area contributed by atoms with Crippen LogP contribution in [-0.4, -0.2) is 84.1 Å². The Morgan fingerprint density at radius 1 is 1.10 bits per heavy atom. The monoisotopic (exact) mass is 426 g/mol. The Bertz CT molecular complexity index is 892. The molecule has 0 saturated carbocycles. The lowest BCUT2D eigenvalue weighted by Gasteiger charge is -2.39. The Balaban J connectivity index is 1.46. The Morgan fingerprint density at radius 3 is 2.52 bits per heavy atom. The van der Waals surface area contributed by atoms with E-state index in [0.29, 0.717) is 31.6 Å². The van der Waals surface area contributed by atoms with E-state index in [0.717, 1.165) is 31.9 Å². The lowest BCUT2D eigenvalue weighted by atomic mass is 9.90. The summed E-state index contributed by atoms with van der Waals surface area (Å²) in [5.74, 6) is 0.883. The number of nitrogens with zero attached hydrogens (tertiary/aromatic N) is 4. The van der Waals surface area contributed by atoms with Crippen molar-refractivity contribution in [3.63, 3.8) is 0 Å². The highest BCUT2D eigenvalue weighted by Crippen LogP contribution is 2.27. The zero-order valence-corrected chi connectivity index (χ0v) is 18.2. The van der Waals surface area contributed by atoms with Gasteiger partial charge in [-0.25, -0.2) is 0 Å². The third-order valence-corrected chi connectivity index (χ3v) is 6.11. The average Bonchev–Trinajstić information content (AvgIpc) is 3.22. The molecule has 2 amide bonds. The molecular weight excluding hydrogens is 396 g/mol. The van der Waals surface area contributed by atoms with Crippen molar-refractivity contribution in [2.75, 3.05) is 46.3 Å². The summed E-state index contributed by atoms with van der Waals surface area (Å²) in [6.07, 6.45) is 0.897. The number of aromatic nitrogens is 1. The van der Waals surface area contributed by atoms with Crippen molar-refractivity contribution in [2.24, 2.45) is 5.92 Å². The van der Waals surface area contributed by atoms with Crippen molar-refractivity contribution in [3.8, 4) is 5.75 Å². The molecule has 2 aliphatic heterocycles. The number of likely N-dealkylation sites (N-methyl/N-ethyl adjacent to an activating group) is 1. The summed E-state index contributed by atoms with van der Waals surface area (Å²) in [5, 5.41) is 3.83. The molecule has 31 heavy (non-hydrogen) atoms. The molecule has 0 spiro atoms. The van der Waals surface area contributed by atoms with Gasteiger partial charge in [0.15, 0.2) is 0 Å². The first kappa shape index (κ1) is 21.4. The minimum Gasteiger partial charge on any atom is -0.490 e. The summed E-state index contributed by atoms with van der Waals surface area (Å²) in [6, 6.07) is 11.3. The van der Waals surface area contributed by atoms with Gasteiger partial charge in [-0.05, 0) is 26.1 Å². The molecule has 0 radical (unpaired) electrons. The molecule has 0 aliphatic carbocycles. The molecule has 2 atom stereocenters. The van der Waals surface area contributed by atoms with E-state index < -0.39 is 0 Å². The lowest BCUT2D eigenvalue weighted by Crippen LogP contribution is -2.51. The Labute approximate surface area is 182 Å². The molecule has 0 bridgehead atoms. The molecule has 2 fully saturated rings. The van der Waals surface area contributed by atoms with Gasteiger partial charge in [0, 0.05) is 64.1 Å². The first-order valence-corrected chi connectivity index (χ1v) is 10.9. The minimum absolute atomic E-state index is 0.0888. The summed E-state index contributed by atoms with van der Waals surface area (Å²) in [5.41, 5.74) is 0.674. The standard InChI is InChI=1S/C23H30N4O4/c1-17-14-21(31-24-17)23(29)27-9-8-20(30-19-6-4-3-5-7-19)18(16-27)15-22(28)26-12-10-25(2)11-13-26/h3-7,14,18,20H,8-13,15-16H2,1-2H3/t18-,20-/m0/s1. The number of aryl methyl sites for hydroxylation is 1. The van der Waals surface area contributed by atoms with E-state index in [1.165, 1.54) is 0 Å². The molecule has 2 saturated heterocycles. The van der Waals surface area contributed by atoms with Gasteiger partial charge < -0.3 is 24.0 Å². The number of piperidine rings is 1. The minimum atomic E-state index is -0.184. The van der Waals surface area contributed by atoms with Crippen LogP contribution in [-0.2, 0) is 4.79 Å². The van der Waals surface area contributed by atoms with E-state index in [2.05, 4.69) is 17.1 Å². The van der Waals surface area contributed by atoms with Crippen molar-refractivity contribution in [2.45, 2.75) is 25.9 Å². The predicted molar refractivity (Wildman–Crippen MR) is 115 cm³/mol. The third-order valence-electron chi connectivity index (χ3n) is 6.11. The predicted octanol–water partition coefficient (Wildman–Crippen LogP) is 2.06. The van der Waals surface area contributed by atoms with E-state index >= 15 is 0 Å². The molecule has 4 rings (SSSR count). The SMILES string of the molecule is Cc1cc(C(=O)N2CC[C@H](Oc3ccccc3)[C@@H](CC(=O)N3CCN(C)CC3)C2)on1. The zero-order chi connectivity index (χ0) is 21.8. The summed E-state index contributed by atoms with van der Waals surface area (Å²) in [6.45, 7) is 6.05. The molecule has 3 heterocycles. The van der Waals surface area contributed by atoms with Crippen LogP contribution in [0.25, 0.3) is 0 Å². The van der Waals surface area contributed by atoms with E-state index in [-0.39, 0.29) is 29.6 Å². The van der Waals surface area contributed by atoms with Gasteiger partial charge in [-0.2, -0.15) is 0 Å². The number of hydrogen-bond donors (Lipinski definition) is 0. The van der Waals surface area contributed by atoms with Gasteiger partial charge in [0.1, 0.15) is 11.9 Å². The number of benzene rings is 1. The second-order valence-electron chi connectivity index (χ2n) is 8.49. The number of para-hydroxylation sites is 1. The second kappa shape index (κ2) is 9.51. The molecule has 8 nitrogen and oxygen atoms in total. The summed E-state index contributed by atoms with van der Waals surface area (Å²) in [4.78, 5) is 31.9. The van der Waals surface area contributed by atoms with Crippen molar-refractivity contribution in [1.82, 2.24) is 19.9 Å². The van der Waals surface area contributed by atoms with Crippen molar-refractivity contribution < 1.29 is 18.8 Å². The zero-order valence-electron chi connectivity index (χ0n) is 18.2.